The molecule has 0 saturated heterocycles. The monoisotopic (exact) mass is 314 g/mol. The van der Waals surface area contributed by atoms with Crippen LogP contribution in [0.1, 0.15) is 16.5 Å². The summed E-state index contributed by atoms with van der Waals surface area (Å²) in [5.41, 5.74) is 3.85. The summed E-state index contributed by atoms with van der Waals surface area (Å²) in [5.74, 6) is 5.34. The average Bonchev–Trinajstić information content (AvgIpc) is 2.75. The highest BCUT2D eigenvalue weighted by atomic mass is 79.9. The van der Waals surface area contributed by atoms with Gasteiger partial charge in [-0.05, 0) is 46.1 Å². The number of rotatable bonds is 4. The number of halogens is 2. The van der Waals surface area contributed by atoms with Gasteiger partial charge in [0.25, 0.3) is 0 Å². The van der Waals surface area contributed by atoms with Crippen LogP contribution in [-0.4, -0.2) is 0 Å². The minimum absolute atomic E-state index is 0.0526. The molecule has 1 aromatic heterocycles. The molecule has 1 unspecified atom stereocenters. The summed E-state index contributed by atoms with van der Waals surface area (Å²) in [6.45, 7) is 0. The van der Waals surface area contributed by atoms with Gasteiger partial charge in [0.15, 0.2) is 0 Å². The van der Waals surface area contributed by atoms with Gasteiger partial charge in [0.2, 0.25) is 0 Å². The van der Waals surface area contributed by atoms with Crippen LogP contribution in [0.2, 0.25) is 0 Å². The van der Waals surface area contributed by atoms with E-state index in [0.717, 1.165) is 21.3 Å². The van der Waals surface area contributed by atoms with E-state index in [9.17, 15) is 4.39 Å². The van der Waals surface area contributed by atoms with Crippen molar-refractivity contribution in [2.75, 3.05) is 0 Å². The summed E-state index contributed by atoms with van der Waals surface area (Å²) in [4.78, 5) is 1.16. The summed E-state index contributed by atoms with van der Waals surface area (Å²) in [6, 6.07) is 8.58. The minimum atomic E-state index is -0.218. The Hall–Kier alpha value is -0.750. The fraction of sp³-hybridized carbons (Fsp3) is 0.167. The number of hydrogen-bond acceptors (Lipinski definition) is 3. The van der Waals surface area contributed by atoms with Gasteiger partial charge in [-0.1, -0.05) is 12.1 Å². The molecule has 0 spiro atoms. The van der Waals surface area contributed by atoms with Crippen LogP contribution in [-0.2, 0) is 6.42 Å². The van der Waals surface area contributed by atoms with Gasteiger partial charge in [-0.3, -0.25) is 11.3 Å². The molecule has 90 valence electrons. The standard InChI is InChI=1S/C12H12BrFN2S/c13-9-6-12(17-7-9)11(16-15)5-8-1-3-10(14)4-2-8/h1-4,6-7,11,16H,5,15H2. The van der Waals surface area contributed by atoms with Gasteiger partial charge in [0, 0.05) is 14.7 Å². The van der Waals surface area contributed by atoms with E-state index in [1.54, 1.807) is 23.5 Å². The van der Waals surface area contributed by atoms with Crippen LogP contribution in [0.5, 0.6) is 0 Å². The molecule has 0 aliphatic heterocycles. The van der Waals surface area contributed by atoms with E-state index < -0.39 is 0 Å². The summed E-state index contributed by atoms with van der Waals surface area (Å²) in [6.07, 6.45) is 0.740. The van der Waals surface area contributed by atoms with E-state index in [-0.39, 0.29) is 11.9 Å². The largest absolute Gasteiger partial charge is 0.271 e. The van der Waals surface area contributed by atoms with Crippen LogP contribution in [0.3, 0.4) is 0 Å². The van der Waals surface area contributed by atoms with E-state index >= 15 is 0 Å². The Labute approximate surface area is 112 Å². The lowest BCUT2D eigenvalue weighted by Crippen LogP contribution is -2.28. The highest BCUT2D eigenvalue weighted by Gasteiger charge is 2.12. The average molecular weight is 315 g/mol. The molecule has 0 aliphatic rings. The maximum atomic E-state index is 12.8. The zero-order valence-electron chi connectivity index (χ0n) is 8.99. The third kappa shape index (κ3) is 3.35. The Morgan fingerprint density at radius 2 is 2.06 bits per heavy atom. The zero-order chi connectivity index (χ0) is 12.3. The third-order valence-corrected chi connectivity index (χ3v) is 4.29. The molecule has 3 N–H and O–H groups in total. The highest BCUT2D eigenvalue weighted by Crippen LogP contribution is 2.27. The van der Waals surface area contributed by atoms with Crippen LogP contribution in [0, 0.1) is 5.82 Å². The van der Waals surface area contributed by atoms with Gasteiger partial charge in [-0.2, -0.15) is 0 Å². The first-order valence-corrected chi connectivity index (χ1v) is 6.81. The molecule has 0 saturated carbocycles. The number of nitrogens with two attached hydrogens (primary N) is 1. The lowest BCUT2D eigenvalue weighted by Gasteiger charge is -2.14. The Balaban J connectivity index is 2.12. The van der Waals surface area contributed by atoms with Gasteiger partial charge >= 0.3 is 0 Å². The van der Waals surface area contributed by atoms with Gasteiger partial charge in [-0.15, -0.1) is 11.3 Å². The van der Waals surface area contributed by atoms with E-state index in [2.05, 4.69) is 21.4 Å². The minimum Gasteiger partial charge on any atom is -0.271 e. The van der Waals surface area contributed by atoms with Crippen LogP contribution >= 0.6 is 27.3 Å². The number of hydrogen-bond donors (Lipinski definition) is 2. The van der Waals surface area contributed by atoms with Crippen molar-refractivity contribution < 1.29 is 4.39 Å². The topological polar surface area (TPSA) is 38.0 Å². The molecule has 0 bridgehead atoms. The quantitative estimate of drug-likeness (QED) is 0.670. The maximum Gasteiger partial charge on any atom is 0.123 e. The molecule has 0 fully saturated rings. The number of benzene rings is 1. The molecule has 1 aromatic carbocycles. The first kappa shape index (κ1) is 12.7. The number of hydrazine groups is 1. The fourth-order valence-corrected chi connectivity index (χ4v) is 3.11. The van der Waals surface area contributed by atoms with Gasteiger partial charge in [0.1, 0.15) is 5.82 Å². The molecule has 0 amide bonds. The first-order valence-electron chi connectivity index (χ1n) is 5.13. The molecule has 5 heteroatoms. The van der Waals surface area contributed by atoms with Crippen molar-refractivity contribution in [3.63, 3.8) is 0 Å². The molecule has 0 radical (unpaired) electrons. The van der Waals surface area contributed by atoms with Crippen molar-refractivity contribution in [3.8, 4) is 0 Å². The molecular formula is C12H12BrFN2S. The molecule has 0 aliphatic carbocycles. The lowest BCUT2D eigenvalue weighted by atomic mass is 10.1. The van der Waals surface area contributed by atoms with E-state index in [0.29, 0.717) is 0 Å². The molecule has 2 aromatic rings. The van der Waals surface area contributed by atoms with Crippen LogP contribution in [0.15, 0.2) is 40.2 Å². The van der Waals surface area contributed by atoms with Crippen LogP contribution in [0.25, 0.3) is 0 Å². The Morgan fingerprint density at radius 3 is 2.59 bits per heavy atom. The number of thiophene rings is 1. The van der Waals surface area contributed by atoms with Gasteiger partial charge < -0.3 is 0 Å². The van der Waals surface area contributed by atoms with Crippen molar-refractivity contribution in [2.45, 2.75) is 12.5 Å². The molecular weight excluding hydrogens is 303 g/mol. The summed E-state index contributed by atoms with van der Waals surface area (Å²) in [5, 5.41) is 2.02. The van der Waals surface area contributed by atoms with Crippen LogP contribution in [0.4, 0.5) is 4.39 Å². The van der Waals surface area contributed by atoms with Crippen molar-refractivity contribution in [2.24, 2.45) is 5.84 Å². The van der Waals surface area contributed by atoms with Crippen LogP contribution < -0.4 is 11.3 Å². The van der Waals surface area contributed by atoms with Crippen molar-refractivity contribution in [1.29, 1.82) is 0 Å². The van der Waals surface area contributed by atoms with E-state index in [1.807, 2.05) is 11.4 Å². The molecule has 1 heterocycles. The second kappa shape index (κ2) is 5.73. The Morgan fingerprint density at radius 1 is 1.35 bits per heavy atom. The molecule has 17 heavy (non-hydrogen) atoms. The second-order valence-corrected chi connectivity index (χ2v) is 5.58. The molecule has 2 rings (SSSR count). The van der Waals surface area contributed by atoms with E-state index in [1.165, 1.54) is 12.1 Å². The third-order valence-electron chi connectivity index (χ3n) is 2.49. The predicted octanol–water partition coefficient (Wildman–Crippen LogP) is 3.40. The Kier molecular flexibility index (Phi) is 4.28. The zero-order valence-corrected chi connectivity index (χ0v) is 11.4. The van der Waals surface area contributed by atoms with Gasteiger partial charge in [0.05, 0.1) is 6.04 Å². The lowest BCUT2D eigenvalue weighted by molar-refractivity contribution is 0.559. The van der Waals surface area contributed by atoms with Crippen molar-refractivity contribution in [3.05, 3.63) is 56.4 Å². The van der Waals surface area contributed by atoms with Crippen molar-refractivity contribution >= 4 is 27.3 Å². The fourth-order valence-electron chi connectivity index (χ4n) is 1.61. The number of nitrogens with one attached hydrogen (secondary N) is 1. The van der Waals surface area contributed by atoms with Crippen molar-refractivity contribution in [1.82, 2.24) is 5.43 Å². The van der Waals surface area contributed by atoms with E-state index in [4.69, 9.17) is 5.84 Å². The summed E-state index contributed by atoms with van der Waals surface area (Å²) in [7, 11) is 0. The maximum absolute atomic E-state index is 12.8. The highest BCUT2D eigenvalue weighted by molar-refractivity contribution is 9.10. The normalized spacial score (nSPS) is 12.6. The summed E-state index contributed by atoms with van der Waals surface area (Å²) >= 11 is 5.06. The molecule has 2 nitrogen and oxygen atoms in total. The summed E-state index contributed by atoms with van der Waals surface area (Å²) < 4.78 is 13.8. The second-order valence-electron chi connectivity index (χ2n) is 3.72. The molecule has 1 atom stereocenters. The van der Waals surface area contributed by atoms with Gasteiger partial charge in [-0.25, -0.2) is 4.39 Å². The Bertz CT molecular complexity index is 484. The SMILES string of the molecule is NNC(Cc1ccc(F)cc1)c1cc(Br)cs1. The predicted molar refractivity (Wildman–Crippen MR) is 72.2 cm³/mol. The first-order chi connectivity index (χ1) is 8.19. The smallest absolute Gasteiger partial charge is 0.123 e.